The fourth-order valence-electron chi connectivity index (χ4n) is 2.24. The Morgan fingerprint density at radius 2 is 2.11 bits per heavy atom. The number of hydrogen-bond donors (Lipinski definition) is 1. The van der Waals surface area contributed by atoms with Gasteiger partial charge in [-0.05, 0) is 55.3 Å². The maximum Gasteiger partial charge on any atom is 0.123 e. The lowest BCUT2D eigenvalue weighted by Crippen LogP contribution is -2.17. The van der Waals surface area contributed by atoms with Crippen LogP contribution < -0.4 is 5.32 Å². The first kappa shape index (κ1) is 13.8. The summed E-state index contributed by atoms with van der Waals surface area (Å²) < 4.78 is 15.4. The Kier molecular flexibility index (Phi) is 4.38. The van der Waals surface area contributed by atoms with E-state index in [0.717, 1.165) is 17.7 Å². The largest absolute Gasteiger partial charge is 0.350 e. The second-order valence-corrected chi connectivity index (χ2v) is 4.97. The number of aromatic nitrogens is 1. The molecular weight excluding hydrogens is 239 g/mol. The summed E-state index contributed by atoms with van der Waals surface area (Å²) in [6, 6.07) is 7.41. The van der Waals surface area contributed by atoms with Crippen LogP contribution in [0.1, 0.15) is 36.6 Å². The zero-order valence-corrected chi connectivity index (χ0v) is 11.8. The van der Waals surface area contributed by atoms with Crippen molar-refractivity contribution in [1.29, 1.82) is 0 Å². The summed E-state index contributed by atoms with van der Waals surface area (Å²) in [7, 11) is 0. The van der Waals surface area contributed by atoms with E-state index in [1.165, 1.54) is 11.6 Å². The van der Waals surface area contributed by atoms with Crippen LogP contribution in [0.4, 0.5) is 4.39 Å². The van der Waals surface area contributed by atoms with Crippen molar-refractivity contribution in [3.05, 3.63) is 59.2 Å². The van der Waals surface area contributed by atoms with Crippen molar-refractivity contribution < 1.29 is 4.39 Å². The van der Waals surface area contributed by atoms with Crippen LogP contribution in [-0.2, 0) is 6.54 Å². The van der Waals surface area contributed by atoms with Crippen LogP contribution in [0.5, 0.6) is 0 Å². The van der Waals surface area contributed by atoms with Crippen molar-refractivity contribution in [3.63, 3.8) is 0 Å². The van der Waals surface area contributed by atoms with Crippen LogP contribution in [-0.4, -0.2) is 11.1 Å². The zero-order valence-electron chi connectivity index (χ0n) is 11.8. The molecule has 3 heteroatoms. The normalized spacial score (nSPS) is 12.6. The van der Waals surface area contributed by atoms with E-state index in [1.807, 2.05) is 19.2 Å². The number of benzene rings is 1. The van der Waals surface area contributed by atoms with Gasteiger partial charge in [-0.2, -0.15) is 0 Å². The first-order chi connectivity index (χ1) is 9.10. The highest BCUT2D eigenvalue weighted by atomic mass is 19.1. The van der Waals surface area contributed by atoms with Gasteiger partial charge in [-0.15, -0.1) is 0 Å². The number of nitrogens with one attached hydrogen (secondary N) is 1. The summed E-state index contributed by atoms with van der Waals surface area (Å²) in [4.78, 5) is 0. The molecule has 1 aromatic heterocycles. The van der Waals surface area contributed by atoms with Crippen molar-refractivity contribution in [2.75, 3.05) is 6.54 Å². The maximum absolute atomic E-state index is 13.3. The molecule has 0 spiro atoms. The molecule has 0 amide bonds. The minimum atomic E-state index is -0.172. The molecule has 19 heavy (non-hydrogen) atoms. The molecule has 0 radical (unpaired) electrons. The number of aryl methyl sites for hydroxylation is 1. The van der Waals surface area contributed by atoms with Gasteiger partial charge in [0.25, 0.3) is 0 Å². The number of rotatable bonds is 5. The second-order valence-electron chi connectivity index (χ2n) is 4.97. The Morgan fingerprint density at radius 3 is 2.84 bits per heavy atom. The number of halogens is 1. The second kappa shape index (κ2) is 6.02. The molecule has 0 aliphatic heterocycles. The van der Waals surface area contributed by atoms with Crippen molar-refractivity contribution in [2.24, 2.45) is 0 Å². The van der Waals surface area contributed by atoms with Crippen molar-refractivity contribution in [2.45, 2.75) is 33.4 Å². The SMILES string of the molecule is CCNC(C)c1ccn(Cc2cc(F)ccc2C)c1. The van der Waals surface area contributed by atoms with E-state index in [-0.39, 0.29) is 5.82 Å². The van der Waals surface area contributed by atoms with E-state index in [4.69, 9.17) is 0 Å². The molecule has 0 saturated heterocycles. The van der Waals surface area contributed by atoms with Gasteiger partial charge in [0.2, 0.25) is 0 Å². The molecule has 0 fully saturated rings. The van der Waals surface area contributed by atoms with Crippen molar-refractivity contribution in [3.8, 4) is 0 Å². The summed E-state index contributed by atoms with van der Waals surface area (Å²) >= 11 is 0. The highest BCUT2D eigenvalue weighted by Crippen LogP contribution is 2.16. The minimum absolute atomic E-state index is 0.172. The lowest BCUT2D eigenvalue weighted by Gasteiger charge is -2.10. The van der Waals surface area contributed by atoms with E-state index in [9.17, 15) is 4.39 Å². The van der Waals surface area contributed by atoms with Gasteiger partial charge in [-0.25, -0.2) is 4.39 Å². The average Bonchev–Trinajstić information content (AvgIpc) is 2.83. The third-order valence-electron chi connectivity index (χ3n) is 3.45. The molecule has 1 unspecified atom stereocenters. The van der Waals surface area contributed by atoms with Gasteiger partial charge >= 0.3 is 0 Å². The van der Waals surface area contributed by atoms with E-state index in [1.54, 1.807) is 6.07 Å². The van der Waals surface area contributed by atoms with E-state index in [0.29, 0.717) is 12.6 Å². The van der Waals surface area contributed by atoms with Crippen LogP contribution in [0.2, 0.25) is 0 Å². The molecule has 2 nitrogen and oxygen atoms in total. The van der Waals surface area contributed by atoms with Crippen LogP contribution in [0, 0.1) is 12.7 Å². The zero-order chi connectivity index (χ0) is 13.8. The van der Waals surface area contributed by atoms with Crippen LogP contribution in [0.25, 0.3) is 0 Å². The fraction of sp³-hybridized carbons (Fsp3) is 0.375. The Bertz CT molecular complexity index is 545. The molecule has 0 bridgehead atoms. The highest BCUT2D eigenvalue weighted by Gasteiger charge is 2.07. The van der Waals surface area contributed by atoms with Crippen molar-refractivity contribution >= 4 is 0 Å². The molecule has 1 atom stereocenters. The topological polar surface area (TPSA) is 17.0 Å². The fourth-order valence-corrected chi connectivity index (χ4v) is 2.24. The Hall–Kier alpha value is -1.61. The van der Waals surface area contributed by atoms with Crippen LogP contribution >= 0.6 is 0 Å². The molecule has 102 valence electrons. The summed E-state index contributed by atoms with van der Waals surface area (Å²) in [6.45, 7) is 7.93. The average molecular weight is 260 g/mol. The molecule has 1 heterocycles. The van der Waals surface area contributed by atoms with Gasteiger partial charge < -0.3 is 9.88 Å². The third-order valence-corrected chi connectivity index (χ3v) is 3.45. The number of nitrogens with zero attached hydrogens (tertiary/aromatic N) is 1. The van der Waals surface area contributed by atoms with Gasteiger partial charge in [0, 0.05) is 25.0 Å². The molecule has 0 saturated carbocycles. The summed E-state index contributed by atoms with van der Waals surface area (Å²) in [5.41, 5.74) is 3.41. The lowest BCUT2D eigenvalue weighted by molar-refractivity contribution is 0.596. The van der Waals surface area contributed by atoms with Crippen LogP contribution in [0.15, 0.2) is 36.7 Å². The molecule has 1 N–H and O–H groups in total. The first-order valence-electron chi connectivity index (χ1n) is 6.74. The van der Waals surface area contributed by atoms with Gasteiger partial charge in [0.1, 0.15) is 5.82 Å². The summed E-state index contributed by atoms with van der Waals surface area (Å²) in [5, 5.41) is 3.39. The molecular formula is C16H21FN2. The smallest absolute Gasteiger partial charge is 0.123 e. The molecule has 2 aromatic rings. The Balaban J connectivity index is 2.13. The highest BCUT2D eigenvalue weighted by molar-refractivity contribution is 5.27. The molecule has 1 aromatic carbocycles. The van der Waals surface area contributed by atoms with Gasteiger partial charge in [-0.1, -0.05) is 13.0 Å². The first-order valence-corrected chi connectivity index (χ1v) is 6.74. The predicted octanol–water partition coefficient (Wildman–Crippen LogP) is 3.65. The third kappa shape index (κ3) is 3.44. The van der Waals surface area contributed by atoms with E-state index in [2.05, 4.69) is 36.0 Å². The van der Waals surface area contributed by atoms with Crippen LogP contribution in [0.3, 0.4) is 0 Å². The Morgan fingerprint density at radius 1 is 1.32 bits per heavy atom. The predicted molar refractivity (Wildman–Crippen MR) is 76.8 cm³/mol. The van der Waals surface area contributed by atoms with Crippen molar-refractivity contribution in [1.82, 2.24) is 9.88 Å². The molecule has 2 rings (SSSR count). The van der Waals surface area contributed by atoms with E-state index < -0.39 is 0 Å². The minimum Gasteiger partial charge on any atom is -0.350 e. The van der Waals surface area contributed by atoms with Gasteiger partial charge in [-0.3, -0.25) is 0 Å². The standard InChI is InChI=1S/C16H21FN2/c1-4-18-13(3)14-7-8-19(10-14)11-15-9-16(17)6-5-12(15)2/h5-10,13,18H,4,11H2,1-3H3. The Labute approximate surface area is 114 Å². The summed E-state index contributed by atoms with van der Waals surface area (Å²) in [5.74, 6) is -0.172. The molecule has 0 aliphatic rings. The quantitative estimate of drug-likeness (QED) is 0.868. The van der Waals surface area contributed by atoms with Gasteiger partial charge in [0.15, 0.2) is 0 Å². The number of hydrogen-bond acceptors (Lipinski definition) is 1. The molecule has 0 aliphatic carbocycles. The monoisotopic (exact) mass is 260 g/mol. The van der Waals surface area contributed by atoms with Gasteiger partial charge in [0.05, 0.1) is 0 Å². The summed E-state index contributed by atoms with van der Waals surface area (Å²) in [6.07, 6.45) is 4.17. The maximum atomic E-state index is 13.3. The van der Waals surface area contributed by atoms with E-state index >= 15 is 0 Å². The lowest BCUT2D eigenvalue weighted by atomic mass is 10.1.